The van der Waals surface area contributed by atoms with E-state index in [-0.39, 0.29) is 0 Å². The van der Waals surface area contributed by atoms with Crippen LogP contribution in [0.25, 0.3) is 0 Å². The molecule has 1 N–H and O–H groups in total. The molecule has 1 aromatic rings. The Hall–Kier alpha value is -1.35. The summed E-state index contributed by atoms with van der Waals surface area (Å²) in [6, 6.07) is 7.94. The third kappa shape index (κ3) is 4.19. The van der Waals surface area contributed by atoms with E-state index in [4.69, 9.17) is 4.74 Å². The Morgan fingerprint density at radius 1 is 1.29 bits per heavy atom. The minimum atomic E-state index is -1.07. The standard InChI is InChI=1S/C14H20O3/c1-4-17-14(16)13(15)9-11-5-7-12(8-6-11)10(2)3/h5-8,10,13,15H,4,9H2,1-3H3. The van der Waals surface area contributed by atoms with Crippen LogP contribution < -0.4 is 0 Å². The average molecular weight is 236 g/mol. The normalized spacial score (nSPS) is 12.5. The molecule has 17 heavy (non-hydrogen) atoms. The van der Waals surface area contributed by atoms with E-state index in [2.05, 4.69) is 13.8 Å². The summed E-state index contributed by atoms with van der Waals surface area (Å²) in [6.07, 6.45) is -0.767. The number of rotatable bonds is 5. The van der Waals surface area contributed by atoms with Crippen molar-refractivity contribution in [2.75, 3.05) is 6.61 Å². The van der Waals surface area contributed by atoms with E-state index in [9.17, 15) is 9.90 Å². The van der Waals surface area contributed by atoms with Crippen molar-refractivity contribution in [3.63, 3.8) is 0 Å². The Kier molecular flexibility index (Phi) is 5.16. The number of esters is 1. The summed E-state index contributed by atoms with van der Waals surface area (Å²) >= 11 is 0. The van der Waals surface area contributed by atoms with E-state index >= 15 is 0 Å². The summed E-state index contributed by atoms with van der Waals surface area (Å²) in [5.74, 6) is -0.0699. The highest BCUT2D eigenvalue weighted by Crippen LogP contribution is 2.15. The van der Waals surface area contributed by atoms with Crippen LogP contribution in [-0.4, -0.2) is 23.8 Å². The van der Waals surface area contributed by atoms with Crippen LogP contribution in [0.15, 0.2) is 24.3 Å². The van der Waals surface area contributed by atoms with Gasteiger partial charge in [-0.1, -0.05) is 38.1 Å². The molecule has 0 saturated carbocycles. The summed E-state index contributed by atoms with van der Waals surface area (Å²) < 4.78 is 4.75. The van der Waals surface area contributed by atoms with Crippen molar-refractivity contribution < 1.29 is 14.6 Å². The van der Waals surface area contributed by atoms with Gasteiger partial charge in [-0.2, -0.15) is 0 Å². The van der Waals surface area contributed by atoms with Crippen LogP contribution in [0.2, 0.25) is 0 Å². The number of carbonyl (C=O) groups excluding carboxylic acids is 1. The summed E-state index contributed by atoms with van der Waals surface area (Å²) in [4.78, 5) is 11.3. The lowest BCUT2D eigenvalue weighted by atomic mass is 10.00. The third-order valence-electron chi connectivity index (χ3n) is 2.63. The molecular weight excluding hydrogens is 216 g/mol. The molecular formula is C14H20O3. The molecule has 0 aliphatic rings. The predicted molar refractivity (Wildman–Crippen MR) is 66.9 cm³/mol. The number of hydrogen-bond acceptors (Lipinski definition) is 3. The van der Waals surface area contributed by atoms with E-state index in [1.54, 1.807) is 6.92 Å². The van der Waals surface area contributed by atoms with Gasteiger partial charge in [0.1, 0.15) is 0 Å². The van der Waals surface area contributed by atoms with Gasteiger partial charge in [0.05, 0.1) is 6.61 Å². The summed E-state index contributed by atoms with van der Waals surface area (Å²) in [5, 5.41) is 9.61. The molecule has 0 aliphatic carbocycles. The van der Waals surface area contributed by atoms with Crippen LogP contribution in [0.3, 0.4) is 0 Å². The lowest BCUT2D eigenvalue weighted by Gasteiger charge is -2.11. The summed E-state index contributed by atoms with van der Waals surface area (Å²) in [7, 11) is 0. The van der Waals surface area contributed by atoms with Crippen LogP contribution in [0.1, 0.15) is 37.8 Å². The zero-order valence-electron chi connectivity index (χ0n) is 10.6. The topological polar surface area (TPSA) is 46.5 Å². The van der Waals surface area contributed by atoms with Gasteiger partial charge < -0.3 is 9.84 Å². The maximum atomic E-state index is 11.3. The molecule has 1 unspecified atom stereocenters. The number of hydrogen-bond donors (Lipinski definition) is 1. The van der Waals surface area contributed by atoms with E-state index in [1.807, 2.05) is 24.3 Å². The van der Waals surface area contributed by atoms with Gasteiger partial charge in [0.15, 0.2) is 6.10 Å². The molecule has 0 amide bonds. The maximum Gasteiger partial charge on any atom is 0.335 e. The van der Waals surface area contributed by atoms with Crippen molar-refractivity contribution in [3.05, 3.63) is 35.4 Å². The van der Waals surface area contributed by atoms with Crippen LogP contribution in [0, 0.1) is 0 Å². The molecule has 94 valence electrons. The molecule has 0 spiro atoms. The van der Waals surface area contributed by atoms with Gasteiger partial charge in [0.25, 0.3) is 0 Å². The molecule has 1 aromatic carbocycles. The Labute approximate surface area is 102 Å². The lowest BCUT2D eigenvalue weighted by Crippen LogP contribution is -2.25. The number of benzene rings is 1. The van der Waals surface area contributed by atoms with Crippen molar-refractivity contribution in [2.45, 2.75) is 39.2 Å². The second-order valence-electron chi connectivity index (χ2n) is 4.37. The van der Waals surface area contributed by atoms with Crippen molar-refractivity contribution in [1.82, 2.24) is 0 Å². The molecule has 1 rings (SSSR count). The molecule has 3 heteroatoms. The third-order valence-corrected chi connectivity index (χ3v) is 2.63. The number of aliphatic hydroxyl groups is 1. The number of carbonyl (C=O) groups is 1. The second kappa shape index (κ2) is 6.40. The zero-order valence-corrected chi connectivity index (χ0v) is 10.6. The van der Waals surface area contributed by atoms with Crippen molar-refractivity contribution in [2.24, 2.45) is 0 Å². The smallest absolute Gasteiger partial charge is 0.335 e. The van der Waals surface area contributed by atoms with Crippen LogP contribution in [0.4, 0.5) is 0 Å². The van der Waals surface area contributed by atoms with Gasteiger partial charge in [0.2, 0.25) is 0 Å². The first kappa shape index (κ1) is 13.7. The van der Waals surface area contributed by atoms with Gasteiger partial charge in [-0.3, -0.25) is 0 Å². The molecule has 0 saturated heterocycles. The Morgan fingerprint density at radius 3 is 2.35 bits per heavy atom. The first-order chi connectivity index (χ1) is 8.04. The fourth-order valence-electron chi connectivity index (χ4n) is 1.58. The lowest BCUT2D eigenvalue weighted by molar-refractivity contribution is -0.152. The molecule has 0 radical (unpaired) electrons. The quantitative estimate of drug-likeness (QED) is 0.798. The zero-order chi connectivity index (χ0) is 12.8. The van der Waals surface area contributed by atoms with E-state index in [0.717, 1.165) is 5.56 Å². The summed E-state index contributed by atoms with van der Waals surface area (Å²) in [5.41, 5.74) is 2.19. The Balaban J connectivity index is 2.60. The molecule has 0 fully saturated rings. The molecule has 0 aliphatic heterocycles. The van der Waals surface area contributed by atoms with Crippen LogP contribution in [0.5, 0.6) is 0 Å². The molecule has 3 nitrogen and oxygen atoms in total. The van der Waals surface area contributed by atoms with Crippen molar-refractivity contribution >= 4 is 5.97 Å². The highest BCUT2D eigenvalue weighted by molar-refractivity contribution is 5.74. The largest absolute Gasteiger partial charge is 0.464 e. The highest BCUT2D eigenvalue weighted by atomic mass is 16.5. The fraction of sp³-hybridized carbons (Fsp3) is 0.500. The van der Waals surface area contributed by atoms with Gasteiger partial charge >= 0.3 is 5.97 Å². The minimum Gasteiger partial charge on any atom is -0.464 e. The van der Waals surface area contributed by atoms with E-state index < -0.39 is 12.1 Å². The van der Waals surface area contributed by atoms with E-state index in [1.165, 1.54) is 5.56 Å². The van der Waals surface area contributed by atoms with Crippen molar-refractivity contribution in [1.29, 1.82) is 0 Å². The Bertz CT molecular complexity index is 354. The van der Waals surface area contributed by atoms with Crippen molar-refractivity contribution in [3.8, 4) is 0 Å². The minimum absolute atomic E-state index is 0.294. The highest BCUT2D eigenvalue weighted by Gasteiger charge is 2.16. The van der Waals surface area contributed by atoms with Crippen LogP contribution >= 0.6 is 0 Å². The van der Waals surface area contributed by atoms with Crippen LogP contribution in [-0.2, 0) is 16.0 Å². The Morgan fingerprint density at radius 2 is 1.88 bits per heavy atom. The number of ether oxygens (including phenoxy) is 1. The molecule has 1 atom stereocenters. The van der Waals surface area contributed by atoms with Gasteiger partial charge in [0, 0.05) is 6.42 Å². The SMILES string of the molecule is CCOC(=O)C(O)Cc1ccc(C(C)C)cc1. The van der Waals surface area contributed by atoms with Gasteiger partial charge in [-0.05, 0) is 24.0 Å². The second-order valence-corrected chi connectivity index (χ2v) is 4.37. The maximum absolute atomic E-state index is 11.3. The molecule has 0 heterocycles. The number of aliphatic hydroxyl groups excluding tert-OH is 1. The predicted octanol–water partition coefficient (Wildman–Crippen LogP) is 2.28. The summed E-state index contributed by atoms with van der Waals surface area (Å²) in [6.45, 7) is 6.27. The molecule has 0 bridgehead atoms. The van der Waals surface area contributed by atoms with Gasteiger partial charge in [-0.15, -0.1) is 0 Å². The average Bonchev–Trinajstić information content (AvgIpc) is 2.30. The monoisotopic (exact) mass is 236 g/mol. The first-order valence-electron chi connectivity index (χ1n) is 5.98. The first-order valence-corrected chi connectivity index (χ1v) is 5.98. The van der Waals surface area contributed by atoms with Gasteiger partial charge in [-0.25, -0.2) is 4.79 Å². The molecule has 0 aromatic heterocycles. The fourth-order valence-corrected chi connectivity index (χ4v) is 1.58. The van der Waals surface area contributed by atoms with E-state index in [0.29, 0.717) is 18.9 Å².